The van der Waals surface area contributed by atoms with Gasteiger partial charge in [0.15, 0.2) is 0 Å². The molecular weight excluding hydrogens is 1310 g/mol. The highest BCUT2D eigenvalue weighted by molar-refractivity contribution is 7.80. The van der Waals surface area contributed by atoms with E-state index >= 15 is 0 Å². The fourth-order valence-corrected chi connectivity index (χ4v) is 18.9. The van der Waals surface area contributed by atoms with Crippen LogP contribution in [0.15, 0.2) is 140 Å². The van der Waals surface area contributed by atoms with Crippen molar-refractivity contribution in [2.75, 3.05) is 80.8 Å². The van der Waals surface area contributed by atoms with Crippen LogP contribution in [-0.2, 0) is 101 Å². The zero-order valence-electron chi connectivity index (χ0n) is 60.3. The van der Waals surface area contributed by atoms with E-state index in [1.165, 1.54) is 96.9 Å². The van der Waals surface area contributed by atoms with Gasteiger partial charge < -0.3 is 34.9 Å². The average molecular weight is 1410 g/mol. The van der Waals surface area contributed by atoms with Crippen LogP contribution < -0.4 is 21.4 Å². The predicted molar refractivity (Wildman–Crippen MR) is 399 cm³/mol. The van der Waals surface area contributed by atoms with Gasteiger partial charge in [-0.25, -0.2) is 24.7 Å². The van der Waals surface area contributed by atoms with Crippen LogP contribution in [0.5, 0.6) is 0 Å². The Hall–Kier alpha value is -8.91. The first-order valence-corrected chi connectivity index (χ1v) is 36.8. The van der Waals surface area contributed by atoms with Crippen LogP contribution in [0, 0.1) is 40.9 Å². The van der Waals surface area contributed by atoms with Crippen LogP contribution in [0.25, 0.3) is 0 Å². The first kappa shape index (κ1) is 72.4. The molecule has 18 heteroatoms. The second-order valence-electron chi connectivity index (χ2n) is 30.8. The van der Waals surface area contributed by atoms with Crippen molar-refractivity contribution in [3.8, 4) is 0 Å². The summed E-state index contributed by atoms with van der Waals surface area (Å²) in [5.74, 6) is -1.26. The van der Waals surface area contributed by atoms with Crippen molar-refractivity contribution in [2.45, 2.75) is 123 Å². The lowest BCUT2D eigenvalue weighted by Crippen LogP contribution is -2.31. The number of hydrogen-bond acceptors (Lipinski definition) is 15. The van der Waals surface area contributed by atoms with Gasteiger partial charge in [0, 0.05) is 56.8 Å². The minimum atomic E-state index is -0.400. The number of nitrogens with zero attached hydrogens (tertiary/aromatic N) is 2. The topological polar surface area (TPSA) is 214 Å². The number of thiocarbonyl (C=S) groups is 1. The highest BCUT2D eigenvalue weighted by atomic mass is 32.1. The summed E-state index contributed by atoms with van der Waals surface area (Å²) in [5, 5.41) is 18.6. The average Bonchev–Trinajstić information content (AvgIpc) is 1.64. The van der Waals surface area contributed by atoms with Crippen LogP contribution in [0.2, 0.25) is 0 Å². The number of methoxy groups -OCH3 is 4. The number of likely N-dealkylation sites (tertiary alicyclic amines) is 2. The number of fused-ring (bicyclic) bond motifs is 5. The van der Waals surface area contributed by atoms with Crippen molar-refractivity contribution >= 4 is 52.9 Å². The number of hydroxylamine groups is 1. The van der Waals surface area contributed by atoms with E-state index in [-0.39, 0.29) is 51.4 Å². The molecule has 0 radical (unpaired) electrons. The fourth-order valence-electron chi connectivity index (χ4n) is 18.6. The van der Waals surface area contributed by atoms with E-state index in [1.54, 1.807) is 11.5 Å². The lowest BCUT2D eigenvalue weighted by atomic mass is 9.83. The van der Waals surface area contributed by atoms with Crippen molar-refractivity contribution in [3.05, 3.63) is 245 Å². The number of amides is 2. The zero-order valence-corrected chi connectivity index (χ0v) is 61.1. The van der Waals surface area contributed by atoms with Crippen molar-refractivity contribution < 1.29 is 52.9 Å². The molecule has 2 amide bonds. The number of aryl methyl sites for hydroxylation is 2. The Labute approximate surface area is 610 Å². The standard InChI is InChI=1S/C22H25NO2.C21H24N2O2.C14H15NO3.C14H15NO2S.C14H17NO2/c1-16-6-8-17(9-7-16)14-23-11-10-22(15-23)12-18-4-3-5-19(20(18)13-22)21(24)25-2;1-15-5-7-16(8-6-15)13-23-10-9-21(14-23)11-17-3-2-4-18(19(17)12-21)20(24)22-25;1-18-12(16)10-4-2-3-9-7-14(8-11(9)10)5-6-15-13(14)17;1-17-12(16)10-4-2-3-9-7-14(8-11(9)10)5-6-15-13(14)18;1-17-13(16)11-4-2-3-10-7-14(8-12(10)11)5-6-15-9-14/h3-9H,10-15H2,1-2H3;2-8,25H,9-14H2,1H3,(H,22,24);2-4H,5-8H2,1H3,(H,15,17);2-4H,5-8H2,1H3,(H,15,18);2-4,15H,5-9H2,1H3. The maximum atomic E-state index is 12.1. The lowest BCUT2D eigenvalue weighted by molar-refractivity contribution is -0.127. The number of rotatable bonds is 9. The van der Waals surface area contributed by atoms with E-state index in [0.717, 1.165) is 181 Å². The molecule has 7 aromatic carbocycles. The molecule has 538 valence electrons. The fraction of sp³-hybridized carbons (Fsp3) is 0.424. The number of carbonyl (C=O) groups excluding carboxylic acids is 6. The Kier molecular flexibility index (Phi) is 21.4. The molecule has 0 saturated carbocycles. The number of esters is 4. The second-order valence-corrected chi connectivity index (χ2v) is 31.2. The summed E-state index contributed by atoms with van der Waals surface area (Å²) in [5.41, 5.74) is 23.1. The van der Waals surface area contributed by atoms with Gasteiger partial charge in [-0.05, 0) is 243 Å². The molecule has 5 saturated heterocycles. The van der Waals surface area contributed by atoms with Crippen LogP contribution in [0.1, 0.15) is 162 Å². The zero-order chi connectivity index (χ0) is 72.3. The Balaban J connectivity index is 0.000000116. The minimum Gasteiger partial charge on any atom is -0.465 e. The summed E-state index contributed by atoms with van der Waals surface area (Å²) in [6.45, 7) is 14.5. The molecule has 5 aliphatic heterocycles. The lowest BCUT2D eigenvalue weighted by Gasteiger charge is -2.24. The molecule has 0 aromatic heterocycles. The smallest absolute Gasteiger partial charge is 0.338 e. The number of nitrogens with one attached hydrogen (secondary N) is 4. The van der Waals surface area contributed by atoms with E-state index in [9.17, 15) is 28.8 Å². The molecule has 17 rings (SSSR count). The summed E-state index contributed by atoms with van der Waals surface area (Å²) in [6, 6.07) is 47.0. The highest BCUT2D eigenvalue weighted by Gasteiger charge is 2.50. The maximum absolute atomic E-state index is 12.1. The van der Waals surface area contributed by atoms with Crippen molar-refractivity contribution in [3.63, 3.8) is 0 Å². The summed E-state index contributed by atoms with van der Waals surface area (Å²) in [4.78, 5) is 77.3. The SMILES string of the molecule is COC(=O)c1cccc2c1CC1(CCN(Cc3ccc(C)cc3)C1)C2.COC(=O)c1cccc2c1CC1(CCNC1)C2.COC(=O)c1cccc2c1CC1(CCNC1=O)C2.COC(=O)c1cccc2c1CC1(CCNC1=S)C2.Cc1ccc(CN2CCC3(Cc4cccc(C(=O)NO)c4C3)C2)cc1. The number of carbonyl (C=O) groups is 6. The first-order valence-electron chi connectivity index (χ1n) is 36.4. The Morgan fingerprint density at radius 3 is 1.19 bits per heavy atom. The van der Waals surface area contributed by atoms with E-state index in [4.69, 9.17) is 36.4 Å². The maximum Gasteiger partial charge on any atom is 0.338 e. The predicted octanol–water partition coefficient (Wildman–Crippen LogP) is 11.4. The van der Waals surface area contributed by atoms with E-state index in [2.05, 4.69) is 112 Å². The molecular formula is C85H96N6O11S. The molecule has 5 unspecified atom stereocenters. The molecule has 5 atom stereocenters. The first-order chi connectivity index (χ1) is 49.7. The van der Waals surface area contributed by atoms with E-state index in [1.807, 2.05) is 60.7 Å². The van der Waals surface area contributed by atoms with E-state index < -0.39 is 5.91 Å². The third-order valence-corrected chi connectivity index (χ3v) is 24.5. The molecule has 10 aliphatic rings. The van der Waals surface area contributed by atoms with Gasteiger partial charge in [-0.1, -0.05) is 133 Å². The quantitative estimate of drug-likeness (QED) is 0.0299. The van der Waals surface area contributed by atoms with Crippen LogP contribution in [0.4, 0.5) is 0 Å². The number of hydrogen-bond donors (Lipinski definition) is 5. The Morgan fingerprint density at radius 2 is 0.806 bits per heavy atom. The van der Waals surface area contributed by atoms with Gasteiger partial charge >= 0.3 is 23.9 Å². The van der Waals surface area contributed by atoms with Crippen LogP contribution >= 0.6 is 12.2 Å². The third kappa shape index (κ3) is 15.1. The molecule has 103 heavy (non-hydrogen) atoms. The van der Waals surface area contributed by atoms with Gasteiger partial charge in [0.1, 0.15) is 0 Å². The van der Waals surface area contributed by atoms with E-state index in [0.29, 0.717) is 28.5 Å². The summed E-state index contributed by atoms with van der Waals surface area (Å²) < 4.78 is 19.5. The number of benzene rings is 7. The molecule has 5 spiro atoms. The van der Waals surface area contributed by atoms with Gasteiger partial charge in [-0.15, -0.1) is 0 Å². The molecule has 5 N–H and O–H groups in total. The minimum absolute atomic E-state index is 0.0434. The summed E-state index contributed by atoms with van der Waals surface area (Å²) in [6.07, 6.45) is 14.8. The van der Waals surface area contributed by atoms with Crippen molar-refractivity contribution in [1.82, 2.24) is 31.2 Å². The largest absolute Gasteiger partial charge is 0.465 e. The highest BCUT2D eigenvalue weighted by Crippen LogP contribution is 2.49. The molecule has 0 bridgehead atoms. The Morgan fingerprint density at radius 1 is 0.437 bits per heavy atom. The van der Waals surface area contributed by atoms with Gasteiger partial charge in [0.2, 0.25) is 5.91 Å². The van der Waals surface area contributed by atoms with Gasteiger partial charge in [0.05, 0.1) is 61.1 Å². The van der Waals surface area contributed by atoms with Crippen molar-refractivity contribution in [2.24, 2.45) is 27.1 Å². The summed E-state index contributed by atoms with van der Waals surface area (Å²) >= 11 is 5.45. The molecule has 7 aromatic rings. The normalized spacial score (nSPS) is 23.9. The van der Waals surface area contributed by atoms with Crippen LogP contribution in [-0.4, -0.2) is 136 Å². The monoisotopic (exact) mass is 1410 g/mol. The molecule has 5 fully saturated rings. The third-order valence-electron chi connectivity index (χ3n) is 23.9. The van der Waals surface area contributed by atoms with Gasteiger partial charge in [-0.2, -0.15) is 0 Å². The molecule has 5 heterocycles. The molecule has 17 nitrogen and oxygen atoms in total. The number of ether oxygens (including phenoxy) is 4. The van der Waals surface area contributed by atoms with Gasteiger partial charge in [-0.3, -0.25) is 24.6 Å². The molecule has 5 aliphatic carbocycles. The van der Waals surface area contributed by atoms with Crippen molar-refractivity contribution in [1.29, 1.82) is 0 Å². The van der Waals surface area contributed by atoms with Gasteiger partial charge in [0.25, 0.3) is 5.91 Å². The Bertz CT molecular complexity index is 4180. The van der Waals surface area contributed by atoms with Crippen LogP contribution in [0.3, 0.4) is 0 Å². The summed E-state index contributed by atoms with van der Waals surface area (Å²) in [7, 11) is 5.72. The second kappa shape index (κ2) is 30.4.